The van der Waals surface area contributed by atoms with E-state index in [1.54, 1.807) is 0 Å². The van der Waals surface area contributed by atoms with Crippen molar-refractivity contribution in [3.05, 3.63) is 35.4 Å². The van der Waals surface area contributed by atoms with Gasteiger partial charge in [-0.25, -0.2) is 4.79 Å². The zero-order valence-corrected chi connectivity index (χ0v) is 16.9. The van der Waals surface area contributed by atoms with Gasteiger partial charge in [0.1, 0.15) is 5.60 Å². The van der Waals surface area contributed by atoms with Crippen LogP contribution in [0, 0.1) is 5.92 Å². The van der Waals surface area contributed by atoms with E-state index in [2.05, 4.69) is 28.8 Å². The first-order valence-electron chi connectivity index (χ1n) is 10.0. The van der Waals surface area contributed by atoms with Crippen LogP contribution >= 0.6 is 0 Å². The zero-order valence-electron chi connectivity index (χ0n) is 16.9. The van der Waals surface area contributed by atoms with Crippen LogP contribution in [-0.2, 0) is 16.0 Å². The Hall–Kier alpha value is -2.04. The van der Waals surface area contributed by atoms with Gasteiger partial charge in [0.05, 0.1) is 5.54 Å². The van der Waals surface area contributed by atoms with Gasteiger partial charge in [-0.15, -0.1) is 0 Å². The van der Waals surface area contributed by atoms with Gasteiger partial charge < -0.3 is 15.4 Å². The third-order valence-corrected chi connectivity index (χ3v) is 5.59. The summed E-state index contributed by atoms with van der Waals surface area (Å²) in [6.07, 6.45) is 4.31. The van der Waals surface area contributed by atoms with Gasteiger partial charge in [0.2, 0.25) is 5.91 Å². The summed E-state index contributed by atoms with van der Waals surface area (Å²) < 4.78 is 5.32. The second kappa shape index (κ2) is 7.53. The van der Waals surface area contributed by atoms with Crippen molar-refractivity contribution in [2.45, 2.75) is 76.9 Å². The Morgan fingerprint density at radius 3 is 2.48 bits per heavy atom. The first-order chi connectivity index (χ1) is 12.7. The molecule has 0 heterocycles. The number of carbonyl (C=O) groups excluding carboxylic acids is 2. The smallest absolute Gasteiger partial charge is 0.407 e. The number of alkyl carbamates (subject to hydrolysis) is 1. The van der Waals surface area contributed by atoms with E-state index < -0.39 is 17.2 Å². The van der Waals surface area contributed by atoms with E-state index in [0.29, 0.717) is 24.8 Å². The second-order valence-corrected chi connectivity index (χ2v) is 9.23. The Morgan fingerprint density at radius 2 is 1.81 bits per heavy atom. The molecule has 1 fully saturated rings. The van der Waals surface area contributed by atoms with Crippen LogP contribution in [0.5, 0.6) is 0 Å². The Labute approximate surface area is 162 Å². The molecule has 0 radical (unpaired) electrons. The topological polar surface area (TPSA) is 67.4 Å². The molecule has 2 aliphatic rings. The third kappa shape index (κ3) is 5.24. The second-order valence-electron chi connectivity index (χ2n) is 9.23. The first kappa shape index (κ1) is 19.7. The molecule has 0 aromatic heterocycles. The zero-order chi connectivity index (χ0) is 19.7. The molecule has 5 nitrogen and oxygen atoms in total. The van der Waals surface area contributed by atoms with Gasteiger partial charge in [-0.05, 0) is 76.3 Å². The predicted octanol–water partition coefficient (Wildman–Crippen LogP) is 3.92. The van der Waals surface area contributed by atoms with E-state index in [9.17, 15) is 9.59 Å². The Bertz CT molecular complexity index is 706. The van der Waals surface area contributed by atoms with Crippen LogP contribution in [0.2, 0.25) is 0 Å². The molecule has 1 aromatic rings. The number of ether oxygens (including phenoxy) is 1. The summed E-state index contributed by atoms with van der Waals surface area (Å²) in [6.45, 7) is 7.94. The molecule has 27 heavy (non-hydrogen) atoms. The van der Waals surface area contributed by atoms with Gasteiger partial charge in [-0.1, -0.05) is 24.3 Å². The Balaban J connectivity index is 1.56. The maximum absolute atomic E-state index is 12.8. The Kier molecular flexibility index (Phi) is 5.50. The van der Waals surface area contributed by atoms with E-state index in [1.807, 2.05) is 33.8 Å². The maximum Gasteiger partial charge on any atom is 0.407 e. The van der Waals surface area contributed by atoms with Crippen LogP contribution < -0.4 is 10.6 Å². The van der Waals surface area contributed by atoms with Crippen LogP contribution in [0.15, 0.2) is 24.3 Å². The summed E-state index contributed by atoms with van der Waals surface area (Å²) >= 11 is 0. The first-order valence-corrected chi connectivity index (χ1v) is 10.0. The van der Waals surface area contributed by atoms with Crippen LogP contribution in [0.25, 0.3) is 0 Å². The highest BCUT2D eigenvalue weighted by Gasteiger charge is 2.43. The minimum atomic E-state index is -0.529. The fraction of sp³-hybridized carbons (Fsp3) is 0.636. The minimum Gasteiger partial charge on any atom is -0.444 e. The van der Waals surface area contributed by atoms with Gasteiger partial charge in [-0.2, -0.15) is 0 Å². The molecule has 2 aliphatic carbocycles. The van der Waals surface area contributed by atoms with Crippen molar-refractivity contribution >= 4 is 12.0 Å². The van der Waals surface area contributed by atoms with Crippen molar-refractivity contribution in [1.82, 2.24) is 10.6 Å². The summed E-state index contributed by atoms with van der Waals surface area (Å²) in [5.74, 6) is 0.771. The molecule has 1 aromatic carbocycles. The number of rotatable bonds is 6. The van der Waals surface area contributed by atoms with Crippen LogP contribution in [0.3, 0.4) is 0 Å². The summed E-state index contributed by atoms with van der Waals surface area (Å²) in [5, 5.41) is 6.06. The lowest BCUT2D eigenvalue weighted by atomic mass is 9.93. The number of carbonyl (C=O) groups is 2. The SMILES string of the molecule is CC(C)(C)OC(=O)NCC(C)(NC(=O)CC1CCc2ccccc21)C1CC1. The van der Waals surface area contributed by atoms with Crippen molar-refractivity contribution in [3.8, 4) is 0 Å². The normalized spacial score (nSPS) is 21.1. The molecule has 0 saturated heterocycles. The largest absolute Gasteiger partial charge is 0.444 e. The number of nitrogens with one attached hydrogen (secondary N) is 2. The molecule has 5 heteroatoms. The molecule has 2 N–H and O–H groups in total. The molecular weight excluding hydrogens is 340 g/mol. The molecule has 0 aliphatic heterocycles. The minimum absolute atomic E-state index is 0.0668. The van der Waals surface area contributed by atoms with Gasteiger partial charge in [-0.3, -0.25) is 4.79 Å². The van der Waals surface area contributed by atoms with E-state index in [1.165, 1.54) is 11.1 Å². The van der Waals surface area contributed by atoms with Gasteiger partial charge in [0.25, 0.3) is 0 Å². The monoisotopic (exact) mass is 372 g/mol. The lowest BCUT2D eigenvalue weighted by Gasteiger charge is -2.32. The third-order valence-electron chi connectivity index (χ3n) is 5.59. The maximum atomic E-state index is 12.8. The molecule has 1 saturated carbocycles. The lowest BCUT2D eigenvalue weighted by Crippen LogP contribution is -2.55. The van der Waals surface area contributed by atoms with Crippen LogP contribution in [-0.4, -0.2) is 29.7 Å². The molecular formula is C22H32N2O3. The molecule has 2 unspecified atom stereocenters. The summed E-state index contributed by atoms with van der Waals surface area (Å²) in [6, 6.07) is 8.42. The molecule has 2 atom stereocenters. The molecule has 0 bridgehead atoms. The van der Waals surface area contributed by atoms with E-state index in [-0.39, 0.29) is 5.91 Å². The van der Waals surface area contributed by atoms with Crippen molar-refractivity contribution < 1.29 is 14.3 Å². The van der Waals surface area contributed by atoms with Gasteiger partial charge in [0, 0.05) is 13.0 Å². The fourth-order valence-electron chi connectivity index (χ4n) is 4.03. The summed E-state index contributed by atoms with van der Waals surface area (Å²) in [5.41, 5.74) is 1.73. The van der Waals surface area contributed by atoms with Gasteiger partial charge in [0.15, 0.2) is 0 Å². The molecule has 148 valence electrons. The highest BCUT2D eigenvalue weighted by atomic mass is 16.6. The van der Waals surface area contributed by atoms with Crippen molar-refractivity contribution in [1.29, 1.82) is 0 Å². The number of fused-ring (bicyclic) bond motifs is 1. The number of aryl methyl sites for hydroxylation is 1. The fourth-order valence-corrected chi connectivity index (χ4v) is 4.03. The number of hydrogen-bond donors (Lipinski definition) is 2. The van der Waals surface area contributed by atoms with E-state index >= 15 is 0 Å². The summed E-state index contributed by atoms with van der Waals surface area (Å²) in [7, 11) is 0. The molecule has 0 spiro atoms. The molecule has 3 rings (SSSR count). The van der Waals surface area contributed by atoms with Crippen LogP contribution in [0.1, 0.15) is 70.4 Å². The number of benzene rings is 1. The average molecular weight is 373 g/mol. The Morgan fingerprint density at radius 1 is 1.11 bits per heavy atom. The highest BCUT2D eigenvalue weighted by molar-refractivity contribution is 5.78. The highest BCUT2D eigenvalue weighted by Crippen LogP contribution is 2.40. The van der Waals surface area contributed by atoms with E-state index in [4.69, 9.17) is 4.74 Å². The number of hydrogen-bond acceptors (Lipinski definition) is 3. The predicted molar refractivity (Wildman–Crippen MR) is 106 cm³/mol. The van der Waals surface area contributed by atoms with Crippen molar-refractivity contribution in [2.24, 2.45) is 5.92 Å². The lowest BCUT2D eigenvalue weighted by molar-refractivity contribution is -0.123. The number of amides is 2. The van der Waals surface area contributed by atoms with Crippen molar-refractivity contribution in [2.75, 3.05) is 6.54 Å². The van der Waals surface area contributed by atoms with E-state index in [0.717, 1.165) is 25.7 Å². The van der Waals surface area contributed by atoms with Crippen molar-refractivity contribution in [3.63, 3.8) is 0 Å². The van der Waals surface area contributed by atoms with Gasteiger partial charge >= 0.3 is 6.09 Å². The quantitative estimate of drug-likeness (QED) is 0.795. The average Bonchev–Trinajstić information content (AvgIpc) is 3.36. The standard InChI is InChI=1S/C22H32N2O3/c1-21(2,3)27-20(26)23-14-22(4,17-11-12-17)24-19(25)13-16-10-9-15-7-5-6-8-18(15)16/h5-8,16-17H,9-14H2,1-4H3,(H,23,26)(H,24,25). The molecule has 2 amide bonds. The van der Waals surface area contributed by atoms with Crippen LogP contribution in [0.4, 0.5) is 4.79 Å². The summed E-state index contributed by atoms with van der Waals surface area (Å²) in [4.78, 5) is 24.8.